The topological polar surface area (TPSA) is 71.1 Å². The van der Waals surface area contributed by atoms with Gasteiger partial charge in [0, 0.05) is 23.8 Å². The molecular weight excluding hydrogens is 322 g/mol. The van der Waals surface area contributed by atoms with Crippen molar-refractivity contribution in [3.63, 3.8) is 0 Å². The number of pyridine rings is 1. The van der Waals surface area contributed by atoms with Gasteiger partial charge in [-0.1, -0.05) is 23.8 Å². The Hall–Kier alpha value is -2.34. The molecule has 2 aromatic rings. The van der Waals surface area contributed by atoms with E-state index in [1.807, 2.05) is 49.4 Å². The van der Waals surface area contributed by atoms with Crippen LogP contribution in [0.4, 0.5) is 0 Å². The van der Waals surface area contributed by atoms with Gasteiger partial charge in [-0.2, -0.15) is 0 Å². The standard InChI is InChI=1S/C18H21N3O2S/c1-13-6-8-16(9-7-13)24-12-17(21-14(2)22)18(23)20-11-15-5-3-4-10-19-15/h3-10,17H,11-12H2,1-2H3,(H,20,23)(H,21,22). The molecule has 0 fully saturated rings. The molecule has 1 aromatic carbocycles. The van der Waals surface area contributed by atoms with E-state index in [2.05, 4.69) is 15.6 Å². The third kappa shape index (κ3) is 6.04. The summed E-state index contributed by atoms with van der Waals surface area (Å²) in [4.78, 5) is 29.0. The lowest BCUT2D eigenvalue weighted by atomic mass is 10.2. The molecule has 1 heterocycles. The average Bonchev–Trinajstić information content (AvgIpc) is 2.58. The summed E-state index contributed by atoms with van der Waals surface area (Å²) in [6.07, 6.45) is 1.68. The molecule has 2 N–H and O–H groups in total. The van der Waals surface area contributed by atoms with E-state index in [9.17, 15) is 9.59 Å². The van der Waals surface area contributed by atoms with Crippen molar-refractivity contribution in [3.8, 4) is 0 Å². The number of hydrogen-bond acceptors (Lipinski definition) is 4. The SMILES string of the molecule is CC(=O)NC(CSc1ccc(C)cc1)C(=O)NCc1ccccn1. The number of nitrogens with zero attached hydrogens (tertiary/aromatic N) is 1. The average molecular weight is 343 g/mol. The number of benzene rings is 1. The highest BCUT2D eigenvalue weighted by Gasteiger charge is 2.19. The Bertz CT molecular complexity index is 674. The first-order chi connectivity index (χ1) is 11.5. The molecule has 0 radical (unpaired) electrons. The molecule has 6 heteroatoms. The van der Waals surface area contributed by atoms with Crippen molar-refractivity contribution in [1.29, 1.82) is 0 Å². The summed E-state index contributed by atoms with van der Waals surface area (Å²) in [7, 11) is 0. The fraction of sp³-hybridized carbons (Fsp3) is 0.278. The number of carbonyl (C=O) groups is 2. The Kier molecular flexibility index (Phi) is 6.81. The molecule has 1 atom stereocenters. The van der Waals surface area contributed by atoms with E-state index in [4.69, 9.17) is 0 Å². The van der Waals surface area contributed by atoms with Crippen LogP contribution in [0.25, 0.3) is 0 Å². The van der Waals surface area contributed by atoms with Gasteiger partial charge in [-0.05, 0) is 31.2 Å². The molecule has 2 rings (SSSR count). The van der Waals surface area contributed by atoms with E-state index in [-0.39, 0.29) is 11.8 Å². The number of carbonyl (C=O) groups excluding carboxylic acids is 2. The minimum absolute atomic E-state index is 0.213. The highest BCUT2D eigenvalue weighted by atomic mass is 32.2. The Morgan fingerprint density at radius 3 is 2.54 bits per heavy atom. The van der Waals surface area contributed by atoms with Crippen molar-refractivity contribution in [3.05, 3.63) is 59.9 Å². The van der Waals surface area contributed by atoms with E-state index in [0.717, 1.165) is 10.6 Å². The van der Waals surface area contributed by atoms with E-state index < -0.39 is 6.04 Å². The molecule has 2 amide bonds. The zero-order valence-electron chi connectivity index (χ0n) is 13.8. The van der Waals surface area contributed by atoms with E-state index in [1.54, 1.807) is 6.20 Å². The molecule has 0 saturated carbocycles. The number of aromatic nitrogens is 1. The number of aryl methyl sites for hydroxylation is 1. The maximum atomic E-state index is 12.4. The molecule has 0 aliphatic heterocycles. The van der Waals surface area contributed by atoms with Crippen molar-refractivity contribution in [2.75, 3.05) is 5.75 Å². The molecule has 0 bridgehead atoms. The molecular formula is C18H21N3O2S. The van der Waals surface area contributed by atoms with Gasteiger partial charge in [0.15, 0.2) is 0 Å². The Morgan fingerprint density at radius 1 is 1.17 bits per heavy atom. The molecule has 24 heavy (non-hydrogen) atoms. The Morgan fingerprint density at radius 2 is 1.92 bits per heavy atom. The summed E-state index contributed by atoms with van der Waals surface area (Å²) in [6.45, 7) is 3.78. The minimum Gasteiger partial charge on any atom is -0.349 e. The highest BCUT2D eigenvalue weighted by molar-refractivity contribution is 7.99. The Labute approximate surface area is 146 Å². The van der Waals surface area contributed by atoms with Crippen LogP contribution < -0.4 is 10.6 Å². The third-order valence-corrected chi connectivity index (χ3v) is 4.41. The molecule has 5 nitrogen and oxygen atoms in total. The predicted molar refractivity (Wildman–Crippen MR) is 95.6 cm³/mol. The van der Waals surface area contributed by atoms with Gasteiger partial charge in [-0.15, -0.1) is 11.8 Å². The van der Waals surface area contributed by atoms with Crippen LogP contribution in [0.2, 0.25) is 0 Å². The molecule has 0 spiro atoms. The second-order valence-corrected chi connectivity index (χ2v) is 6.51. The van der Waals surface area contributed by atoms with Gasteiger partial charge in [-0.3, -0.25) is 14.6 Å². The van der Waals surface area contributed by atoms with E-state index in [0.29, 0.717) is 12.3 Å². The van der Waals surface area contributed by atoms with Gasteiger partial charge in [0.2, 0.25) is 11.8 Å². The lowest BCUT2D eigenvalue weighted by molar-refractivity contribution is -0.127. The Balaban J connectivity index is 1.92. The van der Waals surface area contributed by atoms with Gasteiger partial charge >= 0.3 is 0 Å². The first-order valence-corrected chi connectivity index (χ1v) is 8.67. The number of amides is 2. The number of thioether (sulfide) groups is 1. The maximum Gasteiger partial charge on any atom is 0.243 e. The zero-order valence-corrected chi connectivity index (χ0v) is 14.6. The summed E-state index contributed by atoms with van der Waals surface area (Å²) in [5.74, 6) is 0.0319. The van der Waals surface area contributed by atoms with Crippen molar-refractivity contribution in [2.24, 2.45) is 0 Å². The van der Waals surface area contributed by atoms with Crippen molar-refractivity contribution >= 4 is 23.6 Å². The summed E-state index contributed by atoms with van der Waals surface area (Å²) >= 11 is 1.54. The van der Waals surface area contributed by atoms with Crippen LogP contribution >= 0.6 is 11.8 Å². The smallest absolute Gasteiger partial charge is 0.243 e. The molecule has 1 unspecified atom stereocenters. The second-order valence-electron chi connectivity index (χ2n) is 5.42. The lowest BCUT2D eigenvalue weighted by Gasteiger charge is -2.17. The first-order valence-electron chi connectivity index (χ1n) is 7.69. The van der Waals surface area contributed by atoms with E-state index in [1.165, 1.54) is 24.2 Å². The molecule has 126 valence electrons. The largest absolute Gasteiger partial charge is 0.349 e. The fourth-order valence-electron chi connectivity index (χ4n) is 2.05. The highest BCUT2D eigenvalue weighted by Crippen LogP contribution is 2.19. The summed E-state index contributed by atoms with van der Waals surface area (Å²) < 4.78 is 0. The van der Waals surface area contributed by atoms with Crippen LogP contribution in [-0.2, 0) is 16.1 Å². The monoisotopic (exact) mass is 343 g/mol. The van der Waals surface area contributed by atoms with Crippen LogP contribution in [0, 0.1) is 6.92 Å². The molecule has 0 saturated heterocycles. The van der Waals surface area contributed by atoms with Gasteiger partial charge in [0.05, 0.1) is 12.2 Å². The summed E-state index contributed by atoms with van der Waals surface area (Å²) in [5.41, 5.74) is 1.96. The molecule has 1 aromatic heterocycles. The molecule has 0 aliphatic carbocycles. The predicted octanol–water partition coefficient (Wildman–Crippen LogP) is 2.30. The van der Waals surface area contributed by atoms with Crippen LogP contribution in [-0.4, -0.2) is 28.6 Å². The zero-order chi connectivity index (χ0) is 17.4. The van der Waals surface area contributed by atoms with Gasteiger partial charge in [0.1, 0.15) is 6.04 Å². The van der Waals surface area contributed by atoms with Crippen molar-refractivity contribution in [1.82, 2.24) is 15.6 Å². The molecule has 0 aliphatic rings. The number of nitrogens with one attached hydrogen (secondary N) is 2. The van der Waals surface area contributed by atoms with Gasteiger partial charge in [-0.25, -0.2) is 0 Å². The van der Waals surface area contributed by atoms with Crippen molar-refractivity contribution in [2.45, 2.75) is 31.3 Å². The normalized spacial score (nSPS) is 11.6. The van der Waals surface area contributed by atoms with Gasteiger partial charge in [0.25, 0.3) is 0 Å². The van der Waals surface area contributed by atoms with Crippen molar-refractivity contribution < 1.29 is 9.59 Å². The number of hydrogen-bond donors (Lipinski definition) is 2. The first kappa shape index (κ1) is 18.0. The summed E-state index contributed by atoms with van der Waals surface area (Å²) in [5, 5.41) is 5.53. The van der Waals surface area contributed by atoms with Gasteiger partial charge < -0.3 is 10.6 Å². The van der Waals surface area contributed by atoms with Crippen LogP contribution in [0.15, 0.2) is 53.6 Å². The fourth-order valence-corrected chi connectivity index (χ4v) is 2.97. The summed E-state index contributed by atoms with van der Waals surface area (Å²) in [6, 6.07) is 13.0. The van der Waals surface area contributed by atoms with E-state index >= 15 is 0 Å². The second kappa shape index (κ2) is 9.08. The van der Waals surface area contributed by atoms with Crippen LogP contribution in [0.3, 0.4) is 0 Å². The van der Waals surface area contributed by atoms with Crippen LogP contribution in [0.5, 0.6) is 0 Å². The minimum atomic E-state index is -0.586. The quantitative estimate of drug-likeness (QED) is 0.757. The number of rotatable bonds is 7. The lowest BCUT2D eigenvalue weighted by Crippen LogP contribution is -2.47. The van der Waals surface area contributed by atoms with Crippen LogP contribution in [0.1, 0.15) is 18.2 Å². The maximum absolute atomic E-state index is 12.4. The third-order valence-electron chi connectivity index (χ3n) is 3.30.